The van der Waals surface area contributed by atoms with Crippen molar-refractivity contribution in [1.82, 2.24) is 5.32 Å². The Hall–Kier alpha value is -2.30. The van der Waals surface area contributed by atoms with Crippen molar-refractivity contribution in [2.75, 3.05) is 18.5 Å². The van der Waals surface area contributed by atoms with E-state index in [2.05, 4.69) is 16.7 Å². The summed E-state index contributed by atoms with van der Waals surface area (Å²) in [6.07, 6.45) is 10.7. The minimum absolute atomic E-state index is 0.0666. The summed E-state index contributed by atoms with van der Waals surface area (Å²) in [4.78, 5) is 23.3. The zero-order chi connectivity index (χ0) is 18.2. The van der Waals surface area contributed by atoms with Crippen LogP contribution in [-0.2, 0) is 16.0 Å². The second-order valence-corrected chi connectivity index (χ2v) is 7.03. The molecule has 0 unspecified atom stereocenters. The highest BCUT2D eigenvalue weighted by Gasteiger charge is 2.15. The van der Waals surface area contributed by atoms with E-state index in [0.29, 0.717) is 25.9 Å². The van der Waals surface area contributed by atoms with Crippen molar-refractivity contribution in [2.45, 2.75) is 57.8 Å². The molecule has 1 aliphatic carbocycles. The summed E-state index contributed by atoms with van der Waals surface area (Å²) in [7, 11) is 0. The van der Waals surface area contributed by atoms with E-state index in [1.54, 1.807) is 0 Å². The highest BCUT2D eigenvalue weighted by atomic mass is 16.5. The zero-order valence-electron chi connectivity index (χ0n) is 15.3. The molecule has 0 saturated carbocycles. The van der Waals surface area contributed by atoms with Crippen LogP contribution in [0.2, 0.25) is 0 Å². The number of carbonyl (C=O) groups excluding carboxylic acids is 2. The van der Waals surface area contributed by atoms with E-state index in [1.807, 2.05) is 18.2 Å². The van der Waals surface area contributed by atoms with Crippen LogP contribution >= 0.6 is 0 Å². The van der Waals surface area contributed by atoms with Crippen molar-refractivity contribution in [2.24, 2.45) is 0 Å². The van der Waals surface area contributed by atoms with Crippen LogP contribution in [0.5, 0.6) is 5.75 Å². The molecular formula is C21H28N2O3. The van der Waals surface area contributed by atoms with Gasteiger partial charge in [-0.05, 0) is 68.7 Å². The van der Waals surface area contributed by atoms with Gasteiger partial charge in [0.25, 0.3) is 0 Å². The van der Waals surface area contributed by atoms with Crippen molar-refractivity contribution >= 4 is 17.5 Å². The molecule has 0 fully saturated rings. The number of amides is 2. The summed E-state index contributed by atoms with van der Waals surface area (Å²) in [5, 5.41) is 5.86. The summed E-state index contributed by atoms with van der Waals surface area (Å²) in [5.41, 5.74) is 3.47. The van der Waals surface area contributed by atoms with E-state index < -0.39 is 0 Å². The number of nitrogens with one attached hydrogen (secondary N) is 2. The molecule has 3 rings (SSSR count). The maximum absolute atomic E-state index is 11.9. The third-order valence-corrected chi connectivity index (χ3v) is 4.94. The van der Waals surface area contributed by atoms with Gasteiger partial charge in [-0.25, -0.2) is 0 Å². The van der Waals surface area contributed by atoms with E-state index >= 15 is 0 Å². The number of fused-ring (bicyclic) bond motifs is 1. The van der Waals surface area contributed by atoms with Crippen LogP contribution < -0.4 is 15.4 Å². The second kappa shape index (κ2) is 9.41. The van der Waals surface area contributed by atoms with Crippen molar-refractivity contribution in [3.05, 3.63) is 35.4 Å². The monoisotopic (exact) mass is 356 g/mol. The highest BCUT2D eigenvalue weighted by molar-refractivity contribution is 5.94. The lowest BCUT2D eigenvalue weighted by Gasteiger charge is -2.17. The molecular weight excluding hydrogens is 328 g/mol. The minimum atomic E-state index is 0.0666. The van der Waals surface area contributed by atoms with Gasteiger partial charge in [-0.2, -0.15) is 0 Å². The fraction of sp³-hybridized carbons (Fsp3) is 0.524. The fourth-order valence-electron chi connectivity index (χ4n) is 3.45. The molecule has 5 nitrogen and oxygen atoms in total. The molecule has 26 heavy (non-hydrogen) atoms. The predicted octanol–water partition coefficient (Wildman–Crippen LogP) is 3.74. The van der Waals surface area contributed by atoms with E-state index in [0.717, 1.165) is 36.4 Å². The van der Waals surface area contributed by atoms with Gasteiger partial charge >= 0.3 is 0 Å². The highest BCUT2D eigenvalue weighted by Crippen LogP contribution is 2.26. The Labute approximate surface area is 155 Å². The molecule has 2 N–H and O–H groups in total. The summed E-state index contributed by atoms with van der Waals surface area (Å²) in [5.74, 6) is 0.958. The molecule has 2 amide bonds. The molecule has 0 bridgehead atoms. The summed E-state index contributed by atoms with van der Waals surface area (Å²) >= 11 is 0. The standard InChI is InChI=1S/C21H28N2O3/c24-20(22-13-12-16-5-2-1-3-6-16)7-4-14-26-18-9-10-19-17(15-18)8-11-21(25)23-19/h5,9-10,15H,1-4,6-8,11-14H2,(H,22,24)(H,23,25). The first-order valence-electron chi connectivity index (χ1n) is 9.71. The van der Waals surface area contributed by atoms with Gasteiger partial charge in [0.05, 0.1) is 6.61 Å². The topological polar surface area (TPSA) is 67.4 Å². The van der Waals surface area contributed by atoms with Gasteiger partial charge in [0.1, 0.15) is 5.75 Å². The largest absolute Gasteiger partial charge is 0.494 e. The molecule has 1 aromatic rings. The molecule has 0 aromatic heterocycles. The number of hydrogen-bond donors (Lipinski definition) is 2. The first-order valence-corrected chi connectivity index (χ1v) is 9.71. The van der Waals surface area contributed by atoms with Crippen LogP contribution in [-0.4, -0.2) is 25.0 Å². The van der Waals surface area contributed by atoms with Crippen LogP contribution in [0.25, 0.3) is 0 Å². The molecule has 0 atom stereocenters. The van der Waals surface area contributed by atoms with E-state index in [-0.39, 0.29) is 11.8 Å². The van der Waals surface area contributed by atoms with E-state index in [1.165, 1.54) is 31.3 Å². The Morgan fingerprint density at radius 2 is 2.12 bits per heavy atom. The Balaban J connectivity index is 1.30. The molecule has 0 spiro atoms. The first kappa shape index (κ1) is 18.5. The molecule has 1 aliphatic heterocycles. The lowest BCUT2D eigenvalue weighted by atomic mass is 9.97. The van der Waals surface area contributed by atoms with Crippen molar-refractivity contribution in [3.8, 4) is 5.75 Å². The maximum atomic E-state index is 11.9. The Kier molecular flexibility index (Phi) is 6.69. The molecule has 5 heteroatoms. The normalized spacial score (nSPS) is 16.3. The molecule has 2 aliphatic rings. The Morgan fingerprint density at radius 1 is 1.19 bits per heavy atom. The van der Waals surface area contributed by atoms with Crippen LogP contribution in [0.1, 0.15) is 56.9 Å². The van der Waals surface area contributed by atoms with Gasteiger partial charge in [-0.1, -0.05) is 11.6 Å². The third kappa shape index (κ3) is 5.61. The molecule has 0 radical (unpaired) electrons. The van der Waals surface area contributed by atoms with Gasteiger partial charge in [0.15, 0.2) is 0 Å². The number of benzene rings is 1. The minimum Gasteiger partial charge on any atom is -0.494 e. The third-order valence-electron chi connectivity index (χ3n) is 4.94. The zero-order valence-corrected chi connectivity index (χ0v) is 15.3. The number of carbonyl (C=O) groups is 2. The lowest BCUT2D eigenvalue weighted by Crippen LogP contribution is -2.25. The first-order chi connectivity index (χ1) is 12.7. The molecule has 1 heterocycles. The van der Waals surface area contributed by atoms with Crippen LogP contribution in [0.15, 0.2) is 29.8 Å². The quantitative estimate of drug-likeness (QED) is 0.551. The van der Waals surface area contributed by atoms with Gasteiger partial charge in [-0.3, -0.25) is 9.59 Å². The van der Waals surface area contributed by atoms with Gasteiger partial charge in [-0.15, -0.1) is 0 Å². The summed E-state index contributed by atoms with van der Waals surface area (Å²) < 4.78 is 5.75. The smallest absolute Gasteiger partial charge is 0.224 e. The SMILES string of the molecule is O=C(CCCOc1ccc2c(c1)CCC(=O)N2)NCCC1=CCCCC1. The predicted molar refractivity (Wildman–Crippen MR) is 102 cm³/mol. The van der Waals surface area contributed by atoms with Crippen molar-refractivity contribution in [1.29, 1.82) is 0 Å². The van der Waals surface area contributed by atoms with E-state index in [4.69, 9.17) is 4.74 Å². The summed E-state index contributed by atoms with van der Waals surface area (Å²) in [6.45, 7) is 1.26. The average molecular weight is 356 g/mol. The number of ether oxygens (including phenoxy) is 1. The maximum Gasteiger partial charge on any atom is 0.224 e. The van der Waals surface area contributed by atoms with Gasteiger partial charge in [0.2, 0.25) is 11.8 Å². The number of anilines is 1. The van der Waals surface area contributed by atoms with Gasteiger partial charge in [0, 0.05) is 25.1 Å². The Morgan fingerprint density at radius 3 is 2.96 bits per heavy atom. The second-order valence-electron chi connectivity index (χ2n) is 7.03. The molecule has 140 valence electrons. The van der Waals surface area contributed by atoms with Crippen molar-refractivity contribution in [3.63, 3.8) is 0 Å². The van der Waals surface area contributed by atoms with Crippen LogP contribution in [0.4, 0.5) is 5.69 Å². The molecule has 1 aromatic carbocycles. The lowest BCUT2D eigenvalue weighted by molar-refractivity contribution is -0.121. The fourth-order valence-corrected chi connectivity index (χ4v) is 3.45. The molecule has 0 saturated heterocycles. The number of hydrogen-bond acceptors (Lipinski definition) is 3. The number of allylic oxidation sites excluding steroid dienone is 1. The van der Waals surface area contributed by atoms with Gasteiger partial charge < -0.3 is 15.4 Å². The summed E-state index contributed by atoms with van der Waals surface area (Å²) in [6, 6.07) is 5.73. The van der Waals surface area contributed by atoms with E-state index in [9.17, 15) is 9.59 Å². The average Bonchev–Trinajstić information content (AvgIpc) is 2.66. The van der Waals surface area contributed by atoms with Crippen LogP contribution in [0, 0.1) is 0 Å². The number of aryl methyl sites for hydroxylation is 1. The Bertz CT molecular complexity index is 682. The van der Waals surface area contributed by atoms with Crippen molar-refractivity contribution < 1.29 is 14.3 Å². The van der Waals surface area contributed by atoms with Crippen LogP contribution in [0.3, 0.4) is 0 Å². The number of rotatable bonds is 8.